The maximum Gasteiger partial charge on any atom is 0.0435 e. The predicted molar refractivity (Wildman–Crippen MR) is 71.8 cm³/mol. The summed E-state index contributed by atoms with van der Waals surface area (Å²) in [4.78, 5) is 4.37. The lowest BCUT2D eigenvalue weighted by Crippen LogP contribution is -2.26. The summed E-state index contributed by atoms with van der Waals surface area (Å²) < 4.78 is 0. The summed E-state index contributed by atoms with van der Waals surface area (Å²) in [6.07, 6.45) is 4.35. The molecule has 1 aliphatic rings. The molecule has 2 rings (SSSR count). The Hall–Kier alpha value is -0.890. The summed E-state index contributed by atoms with van der Waals surface area (Å²) in [5, 5.41) is 3.36. The molecule has 0 spiro atoms. The molecule has 2 nitrogen and oxygen atoms in total. The van der Waals surface area contributed by atoms with Crippen molar-refractivity contribution in [3.8, 4) is 0 Å². The molecule has 2 heteroatoms. The van der Waals surface area contributed by atoms with E-state index in [2.05, 4.69) is 22.4 Å². The van der Waals surface area contributed by atoms with Crippen molar-refractivity contribution in [3.63, 3.8) is 0 Å². The second-order valence-electron chi connectivity index (χ2n) is 3.28. The van der Waals surface area contributed by atoms with Crippen LogP contribution in [0.5, 0.6) is 0 Å². The van der Waals surface area contributed by atoms with Gasteiger partial charge in [0, 0.05) is 17.8 Å². The highest BCUT2D eigenvalue weighted by atomic mass is 14.9. The van der Waals surface area contributed by atoms with Crippen LogP contribution in [0.2, 0.25) is 0 Å². The molecule has 1 aromatic rings. The van der Waals surface area contributed by atoms with Gasteiger partial charge in [-0.3, -0.25) is 4.98 Å². The van der Waals surface area contributed by atoms with Gasteiger partial charge in [-0.1, -0.05) is 33.8 Å². The third-order valence-electron chi connectivity index (χ3n) is 2.45. The zero-order valence-corrected chi connectivity index (χ0v) is 11.2. The van der Waals surface area contributed by atoms with Crippen molar-refractivity contribution in [1.29, 1.82) is 0 Å². The van der Waals surface area contributed by atoms with E-state index in [-0.39, 0.29) is 0 Å². The Morgan fingerprint density at radius 1 is 1.06 bits per heavy atom. The first kappa shape index (κ1) is 15.1. The van der Waals surface area contributed by atoms with Crippen molar-refractivity contribution < 1.29 is 0 Å². The highest BCUT2D eigenvalue weighted by Gasteiger charge is 2.15. The van der Waals surface area contributed by atoms with Gasteiger partial charge in [0.15, 0.2) is 0 Å². The summed E-state index contributed by atoms with van der Waals surface area (Å²) in [6.45, 7) is 10.3. The first-order valence-electron chi connectivity index (χ1n) is 6.58. The smallest absolute Gasteiger partial charge is 0.0435 e. The van der Waals surface area contributed by atoms with Gasteiger partial charge in [-0.2, -0.15) is 0 Å². The topological polar surface area (TPSA) is 24.9 Å². The molecule has 0 amide bonds. The van der Waals surface area contributed by atoms with E-state index in [0.717, 1.165) is 13.1 Å². The molecule has 0 radical (unpaired) electrons. The molecule has 2 heterocycles. The second-order valence-corrected chi connectivity index (χ2v) is 3.28. The van der Waals surface area contributed by atoms with Gasteiger partial charge in [0.2, 0.25) is 0 Å². The maximum absolute atomic E-state index is 4.37. The number of nitrogens with one attached hydrogen (secondary N) is 1. The van der Waals surface area contributed by atoms with Crippen LogP contribution in [0.1, 0.15) is 52.1 Å². The van der Waals surface area contributed by atoms with Crippen LogP contribution in [0, 0.1) is 0 Å². The van der Waals surface area contributed by atoms with Crippen LogP contribution in [0.15, 0.2) is 24.4 Å². The highest BCUT2D eigenvalue weighted by Crippen LogP contribution is 2.22. The first-order chi connectivity index (χ1) is 7.97. The van der Waals surface area contributed by atoms with E-state index < -0.39 is 0 Å². The van der Waals surface area contributed by atoms with Crippen LogP contribution in [0.25, 0.3) is 0 Å². The summed E-state index contributed by atoms with van der Waals surface area (Å²) in [6, 6.07) is 6.19. The summed E-state index contributed by atoms with van der Waals surface area (Å²) in [5.41, 5.74) is 1.26. The molecule has 1 saturated heterocycles. The monoisotopic (exact) mass is 222 g/mol. The average molecular weight is 222 g/mol. The van der Waals surface area contributed by atoms with Gasteiger partial charge < -0.3 is 5.32 Å². The van der Waals surface area contributed by atoms with Gasteiger partial charge in [-0.05, 0) is 38.1 Å². The number of nitrogens with zero attached hydrogens (tertiary/aromatic N) is 1. The average Bonchev–Trinajstić information content (AvgIpc) is 2.45. The van der Waals surface area contributed by atoms with E-state index in [0.29, 0.717) is 5.92 Å². The maximum atomic E-state index is 4.37. The van der Waals surface area contributed by atoms with Crippen molar-refractivity contribution in [2.45, 2.75) is 46.5 Å². The lowest BCUT2D eigenvalue weighted by atomic mass is 9.94. The van der Waals surface area contributed by atoms with Crippen molar-refractivity contribution in [1.82, 2.24) is 10.3 Å². The van der Waals surface area contributed by atoms with Crippen LogP contribution in [-0.2, 0) is 0 Å². The van der Waals surface area contributed by atoms with Gasteiger partial charge >= 0.3 is 0 Å². The first-order valence-corrected chi connectivity index (χ1v) is 6.58. The molecule has 1 aromatic heterocycles. The molecule has 1 fully saturated rings. The number of pyridine rings is 1. The fraction of sp³-hybridized carbons (Fsp3) is 0.643. The van der Waals surface area contributed by atoms with Crippen LogP contribution < -0.4 is 5.32 Å². The zero-order chi connectivity index (χ0) is 12.2. The number of hydrogen-bond donors (Lipinski definition) is 1. The predicted octanol–water partition coefficient (Wildman–Crippen LogP) is 3.60. The molecule has 0 aromatic carbocycles. The van der Waals surface area contributed by atoms with Crippen LogP contribution in [0.3, 0.4) is 0 Å². The van der Waals surface area contributed by atoms with Gasteiger partial charge in [0.25, 0.3) is 0 Å². The molecule has 92 valence electrons. The molecule has 1 N–H and O–H groups in total. The lowest BCUT2D eigenvalue weighted by Gasteiger charge is -2.21. The zero-order valence-electron chi connectivity index (χ0n) is 11.2. The van der Waals surface area contributed by atoms with Crippen LogP contribution >= 0.6 is 0 Å². The van der Waals surface area contributed by atoms with Crippen LogP contribution in [0.4, 0.5) is 0 Å². The quantitative estimate of drug-likeness (QED) is 0.785. The summed E-state index contributed by atoms with van der Waals surface area (Å²) >= 11 is 0. The van der Waals surface area contributed by atoms with Crippen LogP contribution in [-0.4, -0.2) is 18.1 Å². The molecule has 16 heavy (non-hydrogen) atoms. The Labute approximate surface area is 100 Å². The lowest BCUT2D eigenvalue weighted by molar-refractivity contribution is 0.453. The second kappa shape index (κ2) is 10.6. The standard InChI is InChI=1S/C10H14N2.2C2H6/c1-2-6-12-10(3-1)9-4-7-11-8-5-9;2*1-2/h1-3,6,9,11H,4-5,7-8H2;2*1-2H3. The number of aromatic nitrogens is 1. The molecule has 0 saturated carbocycles. The van der Waals surface area contributed by atoms with E-state index in [1.54, 1.807) is 0 Å². The minimum absolute atomic E-state index is 0.687. The molecular weight excluding hydrogens is 196 g/mol. The van der Waals surface area contributed by atoms with E-state index in [1.165, 1.54) is 18.5 Å². The van der Waals surface area contributed by atoms with E-state index in [1.807, 2.05) is 40.0 Å². The molecule has 0 bridgehead atoms. The third kappa shape index (κ3) is 5.26. The van der Waals surface area contributed by atoms with Gasteiger partial charge in [-0.25, -0.2) is 0 Å². The Morgan fingerprint density at radius 3 is 2.19 bits per heavy atom. The van der Waals surface area contributed by atoms with Crippen molar-refractivity contribution >= 4 is 0 Å². The fourth-order valence-corrected chi connectivity index (χ4v) is 1.74. The van der Waals surface area contributed by atoms with Gasteiger partial charge in [-0.15, -0.1) is 0 Å². The normalized spacial score (nSPS) is 15.2. The molecule has 0 aliphatic carbocycles. The van der Waals surface area contributed by atoms with E-state index >= 15 is 0 Å². The number of rotatable bonds is 1. The SMILES string of the molecule is CC.CC.c1ccc(C2CCNCC2)nc1. The van der Waals surface area contributed by atoms with Crippen molar-refractivity contribution in [3.05, 3.63) is 30.1 Å². The van der Waals surface area contributed by atoms with Crippen molar-refractivity contribution in [2.75, 3.05) is 13.1 Å². The number of hydrogen-bond acceptors (Lipinski definition) is 2. The summed E-state index contributed by atoms with van der Waals surface area (Å²) in [7, 11) is 0. The van der Waals surface area contributed by atoms with Gasteiger partial charge in [0.05, 0.1) is 0 Å². The minimum atomic E-state index is 0.687. The molecule has 0 unspecified atom stereocenters. The summed E-state index contributed by atoms with van der Waals surface area (Å²) in [5.74, 6) is 0.687. The third-order valence-corrected chi connectivity index (χ3v) is 2.45. The fourth-order valence-electron chi connectivity index (χ4n) is 1.74. The van der Waals surface area contributed by atoms with E-state index in [4.69, 9.17) is 0 Å². The molecular formula is C14H26N2. The number of piperidine rings is 1. The van der Waals surface area contributed by atoms with E-state index in [9.17, 15) is 0 Å². The minimum Gasteiger partial charge on any atom is -0.317 e. The Morgan fingerprint density at radius 2 is 1.69 bits per heavy atom. The highest BCUT2D eigenvalue weighted by molar-refractivity contribution is 5.10. The van der Waals surface area contributed by atoms with Crippen molar-refractivity contribution in [2.24, 2.45) is 0 Å². The Bertz CT molecular complexity index is 228. The van der Waals surface area contributed by atoms with Gasteiger partial charge in [0.1, 0.15) is 0 Å². The molecule has 0 atom stereocenters. The molecule has 1 aliphatic heterocycles. The largest absolute Gasteiger partial charge is 0.317 e. The Balaban J connectivity index is 0.000000509. The Kier molecular flexibility index (Phi) is 10.0.